The van der Waals surface area contributed by atoms with Crippen molar-refractivity contribution in [3.8, 4) is 5.75 Å². The number of para-hydroxylation sites is 2. The Bertz CT molecular complexity index is 860. The Morgan fingerprint density at radius 1 is 0.966 bits per heavy atom. The number of carbonyl (C=O) groups excluding carboxylic acids is 1. The zero-order valence-corrected chi connectivity index (χ0v) is 17.1. The molecular formula is C21H28N6O2. The van der Waals surface area contributed by atoms with Crippen molar-refractivity contribution in [3.05, 3.63) is 36.2 Å². The SMILES string of the molecule is COc1ccccc1NC(=O)N1CCN(c2cc(N3CCCC3)nc(C)n2)CC1. The van der Waals surface area contributed by atoms with Crippen molar-refractivity contribution in [1.29, 1.82) is 0 Å². The van der Waals surface area contributed by atoms with E-state index in [9.17, 15) is 4.79 Å². The van der Waals surface area contributed by atoms with Crippen LogP contribution in [0.2, 0.25) is 0 Å². The van der Waals surface area contributed by atoms with Crippen LogP contribution in [0.4, 0.5) is 22.1 Å². The molecule has 8 heteroatoms. The number of hydrogen-bond acceptors (Lipinski definition) is 6. The maximum atomic E-state index is 12.7. The molecule has 4 rings (SSSR count). The minimum absolute atomic E-state index is 0.106. The van der Waals surface area contributed by atoms with Gasteiger partial charge in [0.2, 0.25) is 0 Å². The summed E-state index contributed by atoms with van der Waals surface area (Å²) in [5.41, 5.74) is 0.684. The monoisotopic (exact) mass is 396 g/mol. The molecule has 0 radical (unpaired) electrons. The molecule has 1 aromatic heterocycles. The van der Waals surface area contributed by atoms with Gasteiger partial charge in [0.25, 0.3) is 0 Å². The van der Waals surface area contributed by atoms with E-state index in [1.54, 1.807) is 7.11 Å². The number of hydrogen-bond donors (Lipinski definition) is 1. The van der Waals surface area contributed by atoms with E-state index in [0.717, 1.165) is 43.6 Å². The lowest BCUT2D eigenvalue weighted by Gasteiger charge is -2.35. The highest BCUT2D eigenvalue weighted by atomic mass is 16.5. The van der Waals surface area contributed by atoms with Crippen molar-refractivity contribution in [2.45, 2.75) is 19.8 Å². The molecule has 0 saturated carbocycles. The highest BCUT2D eigenvalue weighted by Gasteiger charge is 2.24. The van der Waals surface area contributed by atoms with Gasteiger partial charge in [-0.05, 0) is 31.9 Å². The topological polar surface area (TPSA) is 73.8 Å². The third kappa shape index (κ3) is 4.36. The first-order valence-corrected chi connectivity index (χ1v) is 10.2. The number of nitrogens with zero attached hydrogens (tertiary/aromatic N) is 5. The molecule has 154 valence electrons. The van der Waals surface area contributed by atoms with Crippen LogP contribution < -0.4 is 19.9 Å². The average Bonchev–Trinajstić information content (AvgIpc) is 3.29. The lowest BCUT2D eigenvalue weighted by Crippen LogP contribution is -2.50. The Morgan fingerprint density at radius 2 is 1.59 bits per heavy atom. The van der Waals surface area contributed by atoms with Gasteiger partial charge in [-0.1, -0.05) is 12.1 Å². The van der Waals surface area contributed by atoms with Gasteiger partial charge in [-0.3, -0.25) is 0 Å². The van der Waals surface area contributed by atoms with Gasteiger partial charge < -0.3 is 24.8 Å². The summed E-state index contributed by atoms with van der Waals surface area (Å²) in [7, 11) is 1.60. The second-order valence-corrected chi connectivity index (χ2v) is 7.43. The van der Waals surface area contributed by atoms with Gasteiger partial charge in [0.05, 0.1) is 12.8 Å². The Kier molecular flexibility index (Phi) is 5.69. The predicted molar refractivity (Wildman–Crippen MR) is 114 cm³/mol. The van der Waals surface area contributed by atoms with Crippen molar-refractivity contribution in [3.63, 3.8) is 0 Å². The van der Waals surface area contributed by atoms with Gasteiger partial charge >= 0.3 is 6.03 Å². The number of ether oxygens (including phenoxy) is 1. The number of piperazine rings is 1. The first kappa shape index (κ1) is 19.3. The summed E-state index contributed by atoms with van der Waals surface area (Å²) in [5.74, 6) is 3.41. The zero-order valence-electron chi connectivity index (χ0n) is 17.1. The third-order valence-electron chi connectivity index (χ3n) is 5.48. The van der Waals surface area contributed by atoms with Gasteiger partial charge in [0.15, 0.2) is 0 Å². The minimum Gasteiger partial charge on any atom is -0.495 e. The van der Waals surface area contributed by atoms with E-state index in [1.807, 2.05) is 36.1 Å². The number of methoxy groups -OCH3 is 1. The van der Waals surface area contributed by atoms with Crippen molar-refractivity contribution in [1.82, 2.24) is 14.9 Å². The number of aromatic nitrogens is 2. The zero-order chi connectivity index (χ0) is 20.2. The van der Waals surface area contributed by atoms with E-state index in [4.69, 9.17) is 4.74 Å². The van der Waals surface area contributed by atoms with Crippen LogP contribution in [0.15, 0.2) is 30.3 Å². The first-order chi connectivity index (χ1) is 14.1. The lowest BCUT2D eigenvalue weighted by atomic mass is 10.3. The number of aryl methyl sites for hydroxylation is 1. The normalized spacial score (nSPS) is 16.8. The maximum Gasteiger partial charge on any atom is 0.322 e. The number of anilines is 3. The summed E-state index contributed by atoms with van der Waals surface area (Å²) in [5, 5.41) is 2.95. The maximum absolute atomic E-state index is 12.7. The van der Waals surface area contributed by atoms with Gasteiger partial charge in [-0.2, -0.15) is 0 Å². The van der Waals surface area contributed by atoms with Crippen molar-refractivity contribution >= 4 is 23.4 Å². The highest BCUT2D eigenvalue weighted by Crippen LogP contribution is 2.25. The van der Waals surface area contributed by atoms with E-state index in [2.05, 4.69) is 31.2 Å². The summed E-state index contributed by atoms with van der Waals surface area (Å²) < 4.78 is 5.31. The smallest absolute Gasteiger partial charge is 0.322 e. The fourth-order valence-corrected chi connectivity index (χ4v) is 3.89. The number of benzene rings is 1. The fraction of sp³-hybridized carbons (Fsp3) is 0.476. The molecule has 0 unspecified atom stereocenters. The van der Waals surface area contributed by atoms with Crippen LogP contribution in [0.3, 0.4) is 0 Å². The van der Waals surface area contributed by atoms with Crippen LogP contribution in [-0.2, 0) is 0 Å². The van der Waals surface area contributed by atoms with Gasteiger partial charge in [-0.15, -0.1) is 0 Å². The largest absolute Gasteiger partial charge is 0.495 e. The Labute approximate surface area is 171 Å². The Morgan fingerprint density at radius 3 is 2.24 bits per heavy atom. The third-order valence-corrected chi connectivity index (χ3v) is 5.48. The average molecular weight is 396 g/mol. The van der Waals surface area contributed by atoms with Crippen LogP contribution in [-0.4, -0.2) is 67.3 Å². The van der Waals surface area contributed by atoms with Crippen molar-refractivity contribution in [2.24, 2.45) is 0 Å². The molecule has 3 heterocycles. The number of rotatable bonds is 4. The second kappa shape index (κ2) is 8.55. The van der Waals surface area contributed by atoms with E-state index in [0.29, 0.717) is 24.5 Å². The molecular weight excluding hydrogens is 368 g/mol. The molecule has 2 aromatic rings. The van der Waals surface area contributed by atoms with E-state index in [1.165, 1.54) is 12.8 Å². The molecule has 2 aliphatic heterocycles. The van der Waals surface area contributed by atoms with Crippen molar-refractivity contribution in [2.75, 3.05) is 61.5 Å². The van der Waals surface area contributed by atoms with Crippen molar-refractivity contribution < 1.29 is 9.53 Å². The Balaban J connectivity index is 1.38. The van der Waals surface area contributed by atoms with Crippen LogP contribution in [0.5, 0.6) is 5.75 Å². The van der Waals surface area contributed by atoms with E-state index in [-0.39, 0.29) is 6.03 Å². The molecule has 2 aliphatic rings. The number of nitrogens with one attached hydrogen (secondary N) is 1. The fourth-order valence-electron chi connectivity index (χ4n) is 3.89. The first-order valence-electron chi connectivity index (χ1n) is 10.2. The molecule has 1 aromatic carbocycles. The van der Waals surface area contributed by atoms with Gasteiger partial charge in [0.1, 0.15) is 23.2 Å². The van der Waals surface area contributed by atoms with Crippen LogP contribution in [0.1, 0.15) is 18.7 Å². The van der Waals surface area contributed by atoms with Gasteiger partial charge in [0, 0.05) is 45.3 Å². The molecule has 0 bridgehead atoms. The Hall–Kier alpha value is -3.03. The molecule has 0 atom stereocenters. The standard InChI is InChI=1S/C21H28N6O2/c1-16-22-19(25-9-5-6-10-25)15-20(23-16)26-11-13-27(14-12-26)21(28)24-17-7-3-4-8-18(17)29-2/h3-4,7-8,15H,5-6,9-14H2,1-2H3,(H,24,28). The van der Waals surface area contributed by atoms with Crippen LogP contribution >= 0.6 is 0 Å². The predicted octanol–water partition coefficient (Wildman–Crippen LogP) is 2.75. The molecule has 0 spiro atoms. The van der Waals surface area contributed by atoms with Gasteiger partial charge in [-0.25, -0.2) is 14.8 Å². The van der Waals surface area contributed by atoms with Crippen LogP contribution in [0, 0.1) is 6.92 Å². The molecule has 0 aliphatic carbocycles. The minimum atomic E-state index is -0.106. The van der Waals surface area contributed by atoms with E-state index >= 15 is 0 Å². The molecule has 29 heavy (non-hydrogen) atoms. The summed E-state index contributed by atoms with van der Waals surface area (Å²) in [6.07, 6.45) is 2.44. The van der Waals surface area contributed by atoms with Crippen LogP contribution in [0.25, 0.3) is 0 Å². The summed E-state index contributed by atoms with van der Waals surface area (Å²) in [6.45, 7) is 6.84. The quantitative estimate of drug-likeness (QED) is 0.857. The molecule has 2 fully saturated rings. The van der Waals surface area contributed by atoms with E-state index < -0.39 is 0 Å². The molecule has 2 saturated heterocycles. The number of carbonyl (C=O) groups is 1. The summed E-state index contributed by atoms with van der Waals surface area (Å²) in [4.78, 5) is 28.3. The molecule has 8 nitrogen and oxygen atoms in total. The summed E-state index contributed by atoms with van der Waals surface area (Å²) in [6, 6.07) is 9.42. The summed E-state index contributed by atoms with van der Waals surface area (Å²) >= 11 is 0. The molecule has 2 amide bonds. The lowest BCUT2D eigenvalue weighted by molar-refractivity contribution is 0.208. The highest BCUT2D eigenvalue weighted by molar-refractivity contribution is 5.91. The number of urea groups is 1. The number of amides is 2. The second-order valence-electron chi connectivity index (χ2n) is 7.43. The molecule has 1 N–H and O–H groups in total.